The lowest BCUT2D eigenvalue weighted by Crippen LogP contribution is -2.41. The van der Waals surface area contributed by atoms with Crippen LogP contribution in [0.1, 0.15) is 114 Å². The van der Waals surface area contributed by atoms with Crippen molar-refractivity contribution in [2.24, 2.45) is 0 Å². The number of carbonyl (C=O) groups excluding carboxylic acids is 2. The maximum absolute atomic E-state index is 12.2. The van der Waals surface area contributed by atoms with Crippen molar-refractivity contribution >= 4 is 11.8 Å². The summed E-state index contributed by atoms with van der Waals surface area (Å²) in [5.41, 5.74) is 2.72. The fourth-order valence-corrected chi connectivity index (χ4v) is 6.35. The third-order valence-corrected chi connectivity index (χ3v) is 9.15. The third-order valence-electron chi connectivity index (χ3n) is 9.15. The number of hydrogen-bond acceptors (Lipinski definition) is 2. The van der Waals surface area contributed by atoms with Crippen LogP contribution in [0.15, 0.2) is 72.8 Å². The first kappa shape index (κ1) is 41.2. The van der Waals surface area contributed by atoms with E-state index in [9.17, 15) is 9.59 Å². The molecule has 6 nitrogen and oxygen atoms in total. The fraction of sp³-hybridized carbons (Fsp3) is 0.619. The second-order valence-corrected chi connectivity index (χ2v) is 15.1. The van der Waals surface area contributed by atoms with Gasteiger partial charge in [0.25, 0.3) is 0 Å². The Labute approximate surface area is 294 Å². The minimum absolute atomic E-state index is 0.205. The van der Waals surface area contributed by atoms with Gasteiger partial charge < -0.3 is 19.6 Å². The zero-order valence-corrected chi connectivity index (χ0v) is 31.2. The molecular formula is C42H70N4O2+2. The highest BCUT2D eigenvalue weighted by atomic mass is 16.2. The van der Waals surface area contributed by atoms with Gasteiger partial charge in [0.1, 0.15) is 13.1 Å². The van der Waals surface area contributed by atoms with E-state index in [1.165, 1.54) is 49.7 Å². The topological polar surface area (TPSA) is 58.2 Å². The SMILES string of the molecule is C[N+](C)(CCCNC(=O)CCCCCCCC=CCCCCCCCC(=O)NCCC[N+](C)(C)Cc1ccccc1)Cc1ccccc1. The molecule has 0 heterocycles. The molecule has 2 aromatic rings. The van der Waals surface area contributed by atoms with Gasteiger partial charge in [-0.1, -0.05) is 111 Å². The van der Waals surface area contributed by atoms with Crippen LogP contribution in [0.5, 0.6) is 0 Å². The van der Waals surface area contributed by atoms with Crippen molar-refractivity contribution in [3.8, 4) is 0 Å². The molecule has 268 valence electrons. The van der Waals surface area contributed by atoms with E-state index in [1.54, 1.807) is 0 Å². The summed E-state index contributed by atoms with van der Waals surface area (Å²) in [6, 6.07) is 21.3. The molecule has 0 spiro atoms. The molecule has 0 fully saturated rings. The molecule has 0 aromatic heterocycles. The number of benzene rings is 2. The molecular weight excluding hydrogens is 592 g/mol. The Morgan fingerprint density at radius 2 is 0.854 bits per heavy atom. The van der Waals surface area contributed by atoms with Crippen molar-refractivity contribution in [3.05, 3.63) is 83.9 Å². The van der Waals surface area contributed by atoms with Gasteiger partial charge in [0.2, 0.25) is 11.8 Å². The van der Waals surface area contributed by atoms with Crippen LogP contribution in [0, 0.1) is 0 Å². The van der Waals surface area contributed by atoms with Crippen LogP contribution in [0.2, 0.25) is 0 Å². The van der Waals surface area contributed by atoms with Crippen LogP contribution < -0.4 is 10.6 Å². The Morgan fingerprint density at radius 1 is 0.500 bits per heavy atom. The van der Waals surface area contributed by atoms with Gasteiger partial charge in [-0.25, -0.2) is 0 Å². The van der Waals surface area contributed by atoms with Crippen molar-refractivity contribution in [1.29, 1.82) is 0 Å². The van der Waals surface area contributed by atoms with Gasteiger partial charge in [-0.05, 0) is 38.5 Å². The quantitative estimate of drug-likeness (QED) is 0.0545. The molecule has 6 heteroatoms. The van der Waals surface area contributed by atoms with Crippen LogP contribution in [0.25, 0.3) is 0 Å². The summed E-state index contributed by atoms with van der Waals surface area (Å²) in [5, 5.41) is 6.23. The summed E-state index contributed by atoms with van der Waals surface area (Å²) in [5.74, 6) is 0.411. The van der Waals surface area contributed by atoms with Crippen molar-refractivity contribution < 1.29 is 18.6 Å². The average Bonchev–Trinajstić information content (AvgIpc) is 3.05. The molecule has 48 heavy (non-hydrogen) atoms. The second-order valence-electron chi connectivity index (χ2n) is 15.1. The summed E-state index contributed by atoms with van der Waals surface area (Å²) in [6.45, 7) is 5.70. The first-order valence-electron chi connectivity index (χ1n) is 19.1. The Balaban J connectivity index is 1.30. The zero-order valence-electron chi connectivity index (χ0n) is 31.2. The van der Waals surface area contributed by atoms with E-state index in [0.717, 1.165) is 99.6 Å². The van der Waals surface area contributed by atoms with Crippen LogP contribution in [0.4, 0.5) is 0 Å². The summed E-state index contributed by atoms with van der Waals surface area (Å²) >= 11 is 0. The van der Waals surface area contributed by atoms with E-state index >= 15 is 0 Å². The minimum Gasteiger partial charge on any atom is -0.356 e. The molecule has 2 aromatic carbocycles. The fourth-order valence-electron chi connectivity index (χ4n) is 6.35. The van der Waals surface area contributed by atoms with Gasteiger partial charge in [-0.15, -0.1) is 0 Å². The maximum atomic E-state index is 12.2. The van der Waals surface area contributed by atoms with Gasteiger partial charge in [-0.3, -0.25) is 9.59 Å². The molecule has 0 aliphatic heterocycles. The lowest BCUT2D eigenvalue weighted by atomic mass is 10.1. The number of allylic oxidation sites excluding steroid dienone is 2. The molecule has 0 unspecified atom stereocenters. The number of rotatable bonds is 28. The number of unbranched alkanes of at least 4 members (excludes halogenated alkanes) is 10. The highest BCUT2D eigenvalue weighted by molar-refractivity contribution is 5.76. The van der Waals surface area contributed by atoms with Crippen LogP contribution in [0.3, 0.4) is 0 Å². The molecule has 0 aliphatic carbocycles. The number of nitrogens with zero attached hydrogens (tertiary/aromatic N) is 2. The van der Waals surface area contributed by atoms with Crippen LogP contribution >= 0.6 is 0 Å². The normalized spacial score (nSPS) is 12.0. The van der Waals surface area contributed by atoms with Crippen molar-refractivity contribution in [1.82, 2.24) is 10.6 Å². The number of nitrogens with one attached hydrogen (secondary N) is 2. The van der Waals surface area contributed by atoms with Gasteiger partial charge in [-0.2, -0.15) is 0 Å². The van der Waals surface area contributed by atoms with Gasteiger partial charge in [0.05, 0.1) is 41.3 Å². The smallest absolute Gasteiger partial charge is 0.219 e. The monoisotopic (exact) mass is 663 g/mol. The number of hydrogen-bond donors (Lipinski definition) is 2. The lowest BCUT2D eigenvalue weighted by Gasteiger charge is -2.30. The van der Waals surface area contributed by atoms with E-state index < -0.39 is 0 Å². The molecule has 0 saturated carbocycles. The number of carbonyl (C=O) groups is 2. The summed E-state index contributed by atoms with van der Waals surface area (Å²) in [7, 11) is 9.04. The van der Waals surface area contributed by atoms with E-state index in [0.29, 0.717) is 12.8 Å². The Bertz CT molecular complexity index is 1040. The third kappa shape index (κ3) is 22.6. The predicted molar refractivity (Wildman–Crippen MR) is 203 cm³/mol. The molecule has 0 radical (unpaired) electrons. The lowest BCUT2D eigenvalue weighted by molar-refractivity contribution is -0.903. The van der Waals surface area contributed by atoms with E-state index in [-0.39, 0.29) is 11.8 Å². The first-order chi connectivity index (χ1) is 23.2. The maximum Gasteiger partial charge on any atom is 0.219 e. The van der Waals surface area contributed by atoms with E-state index in [1.807, 2.05) is 0 Å². The largest absolute Gasteiger partial charge is 0.356 e. The molecule has 2 N–H and O–H groups in total. The van der Waals surface area contributed by atoms with E-state index in [2.05, 4.69) is 112 Å². The summed E-state index contributed by atoms with van der Waals surface area (Å²) < 4.78 is 1.88. The number of quaternary nitrogens is 2. The summed E-state index contributed by atoms with van der Waals surface area (Å²) in [6.07, 6.45) is 22.1. The predicted octanol–water partition coefficient (Wildman–Crippen LogP) is 8.57. The highest BCUT2D eigenvalue weighted by Crippen LogP contribution is 2.12. The molecule has 2 rings (SSSR count). The molecule has 0 saturated heterocycles. The Kier molecular flexibility index (Phi) is 21.5. The molecule has 2 amide bonds. The zero-order chi connectivity index (χ0) is 34.8. The van der Waals surface area contributed by atoms with Gasteiger partial charge in [0.15, 0.2) is 0 Å². The molecule has 0 atom stereocenters. The second kappa shape index (κ2) is 25.1. The first-order valence-corrected chi connectivity index (χ1v) is 19.1. The average molecular weight is 663 g/mol. The van der Waals surface area contributed by atoms with Gasteiger partial charge >= 0.3 is 0 Å². The van der Waals surface area contributed by atoms with Crippen molar-refractivity contribution in [3.63, 3.8) is 0 Å². The summed E-state index contributed by atoms with van der Waals surface area (Å²) in [4.78, 5) is 24.4. The molecule has 0 bridgehead atoms. The standard InChI is InChI=1S/C42H68N4O2/c1-45(2,37-39-27-19-17-20-28-39)35-25-33-43-41(47)31-23-15-13-11-9-7-5-6-8-10-12-14-16-24-32-42(48)44-34-26-36-46(3,4)38-40-29-21-18-22-30-40/h5-6,17-22,27-30H,7-16,23-26,31-38H2,1-4H3/p+2. The van der Waals surface area contributed by atoms with Crippen LogP contribution in [-0.4, -0.2) is 75.2 Å². The Morgan fingerprint density at radius 3 is 1.25 bits per heavy atom. The minimum atomic E-state index is 0.205. The Hall–Kier alpha value is -2.96. The molecule has 0 aliphatic rings. The number of amides is 2. The highest BCUT2D eigenvalue weighted by Gasteiger charge is 2.16. The van der Waals surface area contributed by atoms with Crippen molar-refractivity contribution in [2.75, 3.05) is 54.4 Å². The van der Waals surface area contributed by atoms with Gasteiger partial charge in [0, 0.05) is 49.9 Å². The van der Waals surface area contributed by atoms with E-state index in [4.69, 9.17) is 0 Å². The van der Waals surface area contributed by atoms with Crippen LogP contribution in [-0.2, 0) is 22.7 Å². The van der Waals surface area contributed by atoms with Crippen molar-refractivity contribution in [2.45, 2.75) is 116 Å².